The van der Waals surface area contributed by atoms with E-state index in [1.54, 1.807) is 11.6 Å². The molecule has 1 heterocycles. The maximum absolute atomic E-state index is 13.2. The van der Waals surface area contributed by atoms with Crippen LogP contribution >= 0.6 is 0 Å². The molecule has 33 heavy (non-hydrogen) atoms. The van der Waals surface area contributed by atoms with Crippen molar-refractivity contribution in [2.24, 2.45) is 13.0 Å². The maximum Gasteiger partial charge on any atom is 0.349 e. The van der Waals surface area contributed by atoms with Crippen molar-refractivity contribution in [3.8, 4) is 22.4 Å². The molecule has 3 aromatic rings. The fraction of sp³-hybridized carbons (Fsp3) is 0.217. The number of hydrogen-bond donors (Lipinski definition) is 0. The molecular formula is C23H21ClN2O7. The first-order valence-corrected chi connectivity index (χ1v) is 11.2. The SMILES string of the molecule is Cc1c(C(=O)C2CC2)c(-c2ccccc2)c([N+](=O)[O-])c(-c2ccccc2)[n+]1C.[O-][Cl+3]([O-])([O-])[O-]. The van der Waals surface area contributed by atoms with Gasteiger partial charge in [-0.15, -0.1) is 10.2 Å². The summed E-state index contributed by atoms with van der Waals surface area (Å²) >= 11 is 0. The topological polar surface area (TPSA) is 156 Å². The van der Waals surface area contributed by atoms with Crippen LogP contribution in [0.25, 0.3) is 22.4 Å². The van der Waals surface area contributed by atoms with Crippen molar-refractivity contribution < 1.29 is 43.2 Å². The first-order chi connectivity index (χ1) is 15.5. The fourth-order valence-electron chi connectivity index (χ4n) is 3.75. The molecule has 1 aliphatic rings. The van der Waals surface area contributed by atoms with Crippen LogP contribution in [-0.4, -0.2) is 10.7 Å². The molecule has 2 aromatic carbocycles. The number of carbonyl (C=O) groups excluding carboxylic acids is 1. The number of pyridine rings is 1. The van der Waals surface area contributed by atoms with Crippen LogP contribution < -0.4 is 23.2 Å². The molecule has 0 N–H and O–H groups in total. The molecule has 0 amide bonds. The molecule has 10 heteroatoms. The zero-order valence-corrected chi connectivity index (χ0v) is 18.7. The van der Waals surface area contributed by atoms with Gasteiger partial charge in [0.05, 0.1) is 21.6 Å². The van der Waals surface area contributed by atoms with Gasteiger partial charge in [0.15, 0.2) is 11.5 Å². The lowest BCUT2D eigenvalue weighted by Gasteiger charge is -2.17. The second-order valence-corrected chi connectivity index (χ2v) is 8.35. The third-order valence-electron chi connectivity index (χ3n) is 5.40. The predicted molar refractivity (Wildman–Crippen MR) is 107 cm³/mol. The highest BCUT2D eigenvalue weighted by molar-refractivity contribution is 6.08. The predicted octanol–water partition coefficient (Wildman–Crippen LogP) is -0.102. The van der Waals surface area contributed by atoms with E-state index in [1.807, 2.05) is 67.6 Å². The van der Waals surface area contributed by atoms with Crippen LogP contribution in [0.5, 0.6) is 0 Å². The van der Waals surface area contributed by atoms with Crippen molar-refractivity contribution in [1.29, 1.82) is 0 Å². The fourth-order valence-corrected chi connectivity index (χ4v) is 3.75. The normalized spacial score (nSPS) is 13.2. The first kappa shape index (κ1) is 24.4. The van der Waals surface area contributed by atoms with Crippen molar-refractivity contribution in [3.63, 3.8) is 0 Å². The Bertz CT molecular complexity index is 1170. The number of nitrogens with zero attached hydrogens (tertiary/aromatic N) is 2. The van der Waals surface area contributed by atoms with Crippen molar-refractivity contribution >= 4 is 11.5 Å². The third kappa shape index (κ3) is 5.78. The quantitative estimate of drug-likeness (QED) is 0.217. The number of nitro groups is 1. The highest BCUT2D eigenvalue weighted by atomic mass is 35.7. The summed E-state index contributed by atoms with van der Waals surface area (Å²) < 4.78 is 35.8. The van der Waals surface area contributed by atoms with E-state index in [2.05, 4.69) is 0 Å². The van der Waals surface area contributed by atoms with E-state index in [9.17, 15) is 14.9 Å². The summed E-state index contributed by atoms with van der Waals surface area (Å²) in [5, 5.41) is 12.3. The number of carbonyl (C=O) groups is 1. The summed E-state index contributed by atoms with van der Waals surface area (Å²) in [5.74, 6) is -0.0157. The van der Waals surface area contributed by atoms with Gasteiger partial charge in [0, 0.05) is 12.8 Å². The van der Waals surface area contributed by atoms with Gasteiger partial charge >= 0.3 is 5.69 Å². The highest BCUT2D eigenvalue weighted by Crippen LogP contribution is 2.43. The van der Waals surface area contributed by atoms with Gasteiger partial charge in [0.1, 0.15) is 7.05 Å². The van der Waals surface area contributed by atoms with E-state index in [1.165, 1.54) is 0 Å². The second kappa shape index (κ2) is 9.74. The Kier molecular flexibility index (Phi) is 7.21. The summed E-state index contributed by atoms with van der Waals surface area (Å²) in [7, 11) is -3.15. The van der Waals surface area contributed by atoms with Gasteiger partial charge in [-0.2, -0.15) is 4.57 Å². The Morgan fingerprint density at radius 1 is 0.939 bits per heavy atom. The Hall–Kier alpha value is -3.21. The Morgan fingerprint density at radius 3 is 1.82 bits per heavy atom. The van der Waals surface area contributed by atoms with Crippen LogP contribution in [0.3, 0.4) is 0 Å². The molecule has 0 spiro atoms. The summed E-state index contributed by atoms with van der Waals surface area (Å²) in [6.07, 6.45) is 1.70. The van der Waals surface area contributed by atoms with E-state index in [0.717, 1.165) is 24.1 Å². The molecule has 1 aliphatic carbocycles. The van der Waals surface area contributed by atoms with Gasteiger partial charge in [-0.3, -0.25) is 14.9 Å². The van der Waals surface area contributed by atoms with E-state index < -0.39 is 10.2 Å². The molecule has 0 unspecified atom stereocenters. The molecule has 0 atom stereocenters. The second-order valence-electron chi connectivity index (χ2n) is 7.60. The van der Waals surface area contributed by atoms with Gasteiger partial charge in [0.2, 0.25) is 0 Å². The van der Waals surface area contributed by atoms with Crippen molar-refractivity contribution in [3.05, 3.63) is 82.0 Å². The Morgan fingerprint density at radius 2 is 1.39 bits per heavy atom. The Balaban J connectivity index is 0.000000555. The summed E-state index contributed by atoms with van der Waals surface area (Å²) in [4.78, 5) is 25.1. The largest absolute Gasteiger partial charge is 0.349 e. The molecule has 0 aliphatic heterocycles. The summed E-state index contributed by atoms with van der Waals surface area (Å²) in [6.45, 7) is 1.87. The molecule has 172 valence electrons. The minimum Gasteiger partial charge on any atom is -0.294 e. The number of hydrogen-bond acceptors (Lipinski definition) is 7. The maximum atomic E-state index is 13.2. The van der Waals surface area contributed by atoms with E-state index in [0.29, 0.717) is 22.4 Å². The van der Waals surface area contributed by atoms with E-state index in [-0.39, 0.29) is 22.3 Å². The molecule has 4 rings (SSSR count). The summed E-state index contributed by atoms with van der Waals surface area (Å²) in [5.41, 5.74) is 3.59. The van der Waals surface area contributed by atoms with Crippen LogP contribution in [0.2, 0.25) is 0 Å². The molecular weight excluding hydrogens is 452 g/mol. The van der Waals surface area contributed by atoms with Crippen LogP contribution in [0.1, 0.15) is 28.9 Å². The zero-order chi connectivity index (χ0) is 24.3. The number of halogens is 1. The van der Waals surface area contributed by atoms with Gasteiger partial charge in [-0.25, -0.2) is 18.6 Å². The molecule has 1 aromatic heterocycles. The standard InChI is InChI=1S/C23H21N2O3.ClHO4/c1-15-19(23(26)18-13-14-18)20(16-9-5-3-6-10-16)22(25(27)28)21(24(15)2)17-11-7-4-8-12-17;2-1(3,4)5/h3-12,18H,13-14H2,1-2H3;(H,2,3,4,5)/q+1;/p-1. The number of Topliss-reactive ketones (excluding diaryl/α,β-unsaturated/α-hetero) is 1. The Labute approximate surface area is 192 Å². The van der Waals surface area contributed by atoms with Crippen LogP contribution in [0.4, 0.5) is 5.69 Å². The highest BCUT2D eigenvalue weighted by Gasteiger charge is 2.42. The van der Waals surface area contributed by atoms with Gasteiger partial charge in [-0.05, 0) is 30.5 Å². The smallest absolute Gasteiger partial charge is 0.294 e. The van der Waals surface area contributed by atoms with E-state index >= 15 is 0 Å². The van der Waals surface area contributed by atoms with Gasteiger partial charge in [-0.1, -0.05) is 48.5 Å². The van der Waals surface area contributed by atoms with Gasteiger partial charge in [0.25, 0.3) is 5.69 Å². The molecule has 0 saturated heterocycles. The van der Waals surface area contributed by atoms with Crippen LogP contribution in [-0.2, 0) is 7.05 Å². The number of aromatic nitrogens is 1. The monoisotopic (exact) mass is 472 g/mol. The lowest BCUT2D eigenvalue weighted by atomic mass is 9.90. The molecule has 0 radical (unpaired) electrons. The lowest BCUT2D eigenvalue weighted by molar-refractivity contribution is -2.00. The minimum absolute atomic E-state index is 0.00895. The number of rotatable bonds is 5. The van der Waals surface area contributed by atoms with Crippen LogP contribution in [0.15, 0.2) is 60.7 Å². The molecule has 1 fully saturated rings. The molecule has 1 saturated carbocycles. The third-order valence-corrected chi connectivity index (χ3v) is 5.40. The lowest BCUT2D eigenvalue weighted by Crippen LogP contribution is -2.68. The van der Waals surface area contributed by atoms with Gasteiger partial charge < -0.3 is 0 Å². The number of ketones is 1. The van der Waals surface area contributed by atoms with Crippen molar-refractivity contribution in [2.75, 3.05) is 0 Å². The average molecular weight is 473 g/mol. The van der Waals surface area contributed by atoms with Crippen molar-refractivity contribution in [2.45, 2.75) is 19.8 Å². The summed E-state index contributed by atoms with van der Waals surface area (Å²) in [6, 6.07) is 18.5. The number of benzene rings is 2. The minimum atomic E-state index is -4.94. The molecule has 9 nitrogen and oxygen atoms in total. The molecule has 0 bridgehead atoms. The van der Waals surface area contributed by atoms with Crippen molar-refractivity contribution in [1.82, 2.24) is 0 Å². The first-order valence-electron chi connectivity index (χ1n) is 9.98. The van der Waals surface area contributed by atoms with E-state index in [4.69, 9.17) is 18.6 Å². The average Bonchev–Trinajstić information content (AvgIpc) is 3.60. The zero-order valence-electron chi connectivity index (χ0n) is 17.9. The van der Waals surface area contributed by atoms with Crippen LogP contribution in [0, 0.1) is 33.2 Å².